The smallest absolute Gasteiger partial charge is 0.0602 e. The van der Waals surface area contributed by atoms with Gasteiger partial charge in [-0.1, -0.05) is 85.7 Å². The van der Waals surface area contributed by atoms with E-state index in [4.69, 9.17) is 0 Å². The van der Waals surface area contributed by atoms with Crippen molar-refractivity contribution < 1.29 is 0 Å². The van der Waals surface area contributed by atoms with Gasteiger partial charge in [-0.3, -0.25) is 4.90 Å². The first-order valence-electron chi connectivity index (χ1n) is 8.90. The largest absolute Gasteiger partial charge is 0.292 e. The highest BCUT2D eigenvalue weighted by Crippen LogP contribution is 2.32. The summed E-state index contributed by atoms with van der Waals surface area (Å²) in [7, 11) is 0. The van der Waals surface area contributed by atoms with Crippen LogP contribution in [0.2, 0.25) is 0 Å². The molecule has 0 aromatic heterocycles. The second-order valence-corrected chi connectivity index (χ2v) is 6.41. The Morgan fingerprint density at radius 2 is 1.39 bits per heavy atom. The van der Waals surface area contributed by atoms with Crippen molar-refractivity contribution in [3.05, 3.63) is 83.4 Å². The second kappa shape index (κ2) is 8.12. The standard InChI is InChI=1S/C22H27N/c1-2-3-10-19-15-17-23(18-16-19)22(20-11-6-4-7-12-20)21-13-8-5-9-14-21/h4-14,22H,2-3,15-18H2,1H3. The maximum atomic E-state index is 2.65. The lowest BCUT2D eigenvalue weighted by Crippen LogP contribution is -2.35. The maximum absolute atomic E-state index is 2.65. The van der Waals surface area contributed by atoms with Crippen LogP contribution in [0.15, 0.2) is 72.3 Å². The molecule has 1 heterocycles. The van der Waals surface area contributed by atoms with Gasteiger partial charge in [-0.05, 0) is 30.4 Å². The molecule has 0 N–H and O–H groups in total. The highest BCUT2D eigenvalue weighted by atomic mass is 15.2. The molecule has 0 atom stereocenters. The summed E-state index contributed by atoms with van der Waals surface area (Å²) < 4.78 is 0. The minimum Gasteiger partial charge on any atom is -0.292 e. The van der Waals surface area contributed by atoms with Crippen LogP contribution in [0.3, 0.4) is 0 Å². The van der Waals surface area contributed by atoms with Gasteiger partial charge in [0, 0.05) is 13.1 Å². The van der Waals surface area contributed by atoms with Crippen LogP contribution in [-0.4, -0.2) is 18.0 Å². The molecule has 2 aromatic rings. The van der Waals surface area contributed by atoms with Crippen LogP contribution in [0.4, 0.5) is 0 Å². The average Bonchev–Trinajstić information content (AvgIpc) is 2.63. The lowest BCUT2D eigenvalue weighted by Gasteiger charge is -2.36. The van der Waals surface area contributed by atoms with Crippen molar-refractivity contribution in [2.45, 2.75) is 38.6 Å². The zero-order chi connectivity index (χ0) is 15.9. The molecule has 2 aromatic carbocycles. The number of rotatable bonds is 5. The monoisotopic (exact) mass is 305 g/mol. The third-order valence-electron chi connectivity index (χ3n) is 4.76. The molecule has 0 radical (unpaired) electrons. The first kappa shape index (κ1) is 16.0. The molecule has 3 rings (SSSR count). The van der Waals surface area contributed by atoms with Crippen LogP contribution < -0.4 is 0 Å². The maximum Gasteiger partial charge on any atom is 0.0602 e. The van der Waals surface area contributed by atoms with E-state index in [0.29, 0.717) is 6.04 Å². The van der Waals surface area contributed by atoms with Gasteiger partial charge >= 0.3 is 0 Å². The molecule has 0 saturated carbocycles. The number of benzene rings is 2. The lowest BCUT2D eigenvalue weighted by atomic mass is 9.93. The summed E-state index contributed by atoms with van der Waals surface area (Å²) in [6.07, 6.45) is 7.39. The van der Waals surface area contributed by atoms with E-state index < -0.39 is 0 Å². The molecule has 0 bridgehead atoms. The summed E-state index contributed by atoms with van der Waals surface area (Å²) >= 11 is 0. The summed E-state index contributed by atoms with van der Waals surface area (Å²) in [6.45, 7) is 4.57. The number of likely N-dealkylation sites (tertiary alicyclic amines) is 1. The second-order valence-electron chi connectivity index (χ2n) is 6.41. The van der Waals surface area contributed by atoms with E-state index in [2.05, 4.69) is 78.6 Å². The number of hydrogen-bond acceptors (Lipinski definition) is 1. The Balaban J connectivity index is 1.81. The lowest BCUT2D eigenvalue weighted by molar-refractivity contribution is 0.210. The predicted octanol–water partition coefficient (Wildman–Crippen LogP) is 5.60. The van der Waals surface area contributed by atoms with Crippen LogP contribution in [0, 0.1) is 0 Å². The third-order valence-corrected chi connectivity index (χ3v) is 4.76. The summed E-state index contributed by atoms with van der Waals surface area (Å²) in [4.78, 5) is 2.65. The number of allylic oxidation sites excluding steroid dienone is 1. The molecule has 23 heavy (non-hydrogen) atoms. The summed E-state index contributed by atoms with van der Waals surface area (Å²) in [5.74, 6) is 0. The van der Waals surface area contributed by atoms with Crippen LogP contribution in [-0.2, 0) is 0 Å². The zero-order valence-corrected chi connectivity index (χ0v) is 14.1. The van der Waals surface area contributed by atoms with E-state index in [1.54, 1.807) is 5.57 Å². The van der Waals surface area contributed by atoms with E-state index in [1.165, 1.54) is 36.8 Å². The van der Waals surface area contributed by atoms with Crippen molar-refractivity contribution in [3.63, 3.8) is 0 Å². The highest BCUT2D eigenvalue weighted by Gasteiger charge is 2.24. The first-order chi connectivity index (χ1) is 11.4. The minimum atomic E-state index is 0.380. The van der Waals surface area contributed by atoms with Crippen molar-refractivity contribution in [1.82, 2.24) is 4.90 Å². The quantitative estimate of drug-likeness (QED) is 0.650. The average molecular weight is 305 g/mol. The van der Waals surface area contributed by atoms with Crippen LogP contribution >= 0.6 is 0 Å². The molecule has 0 aliphatic carbocycles. The normalized spacial score (nSPS) is 15.8. The summed E-state index contributed by atoms with van der Waals surface area (Å²) in [6, 6.07) is 22.3. The fourth-order valence-electron chi connectivity index (χ4n) is 3.51. The van der Waals surface area contributed by atoms with Gasteiger partial charge in [0.15, 0.2) is 0 Å². The third kappa shape index (κ3) is 4.11. The molecule has 1 aliphatic rings. The van der Waals surface area contributed by atoms with Gasteiger partial charge in [0.25, 0.3) is 0 Å². The Bertz CT molecular complexity index is 565. The fourth-order valence-corrected chi connectivity index (χ4v) is 3.51. The highest BCUT2D eigenvalue weighted by molar-refractivity contribution is 5.32. The van der Waals surface area contributed by atoms with Crippen molar-refractivity contribution in [2.75, 3.05) is 13.1 Å². The SMILES string of the molecule is CCCC=C1CCN(C(c2ccccc2)c2ccccc2)CC1. The zero-order valence-electron chi connectivity index (χ0n) is 14.1. The van der Waals surface area contributed by atoms with Gasteiger partial charge in [0.05, 0.1) is 6.04 Å². The van der Waals surface area contributed by atoms with Crippen LogP contribution in [0.25, 0.3) is 0 Å². The van der Waals surface area contributed by atoms with Crippen molar-refractivity contribution in [1.29, 1.82) is 0 Å². The van der Waals surface area contributed by atoms with Gasteiger partial charge < -0.3 is 0 Å². The number of hydrogen-bond donors (Lipinski definition) is 0. The van der Waals surface area contributed by atoms with Gasteiger partial charge in [-0.2, -0.15) is 0 Å². The topological polar surface area (TPSA) is 3.24 Å². The summed E-state index contributed by atoms with van der Waals surface area (Å²) in [5.41, 5.74) is 4.46. The molecular weight excluding hydrogens is 278 g/mol. The first-order valence-corrected chi connectivity index (χ1v) is 8.90. The number of piperidine rings is 1. The van der Waals surface area contributed by atoms with Gasteiger partial charge in [0.1, 0.15) is 0 Å². The number of unbranched alkanes of at least 4 members (excludes halogenated alkanes) is 1. The Morgan fingerprint density at radius 1 is 0.870 bits per heavy atom. The van der Waals surface area contributed by atoms with Gasteiger partial charge in [-0.25, -0.2) is 0 Å². The van der Waals surface area contributed by atoms with E-state index in [9.17, 15) is 0 Å². The van der Waals surface area contributed by atoms with E-state index in [1.807, 2.05) is 0 Å². The molecule has 1 fully saturated rings. The van der Waals surface area contributed by atoms with Crippen molar-refractivity contribution in [3.8, 4) is 0 Å². The molecule has 0 unspecified atom stereocenters. The Labute approximate surface area is 140 Å². The molecule has 1 heteroatoms. The van der Waals surface area contributed by atoms with Gasteiger partial charge in [0.2, 0.25) is 0 Å². The molecule has 1 aliphatic heterocycles. The molecule has 1 nitrogen and oxygen atoms in total. The number of nitrogens with zero attached hydrogens (tertiary/aromatic N) is 1. The molecular formula is C22H27N. The molecule has 120 valence electrons. The Hall–Kier alpha value is -1.86. The van der Waals surface area contributed by atoms with Crippen LogP contribution in [0.1, 0.15) is 49.8 Å². The molecule has 0 amide bonds. The molecule has 0 spiro atoms. The summed E-state index contributed by atoms with van der Waals surface area (Å²) in [5, 5.41) is 0. The predicted molar refractivity (Wildman–Crippen MR) is 98.5 cm³/mol. The van der Waals surface area contributed by atoms with Crippen molar-refractivity contribution >= 4 is 0 Å². The van der Waals surface area contributed by atoms with E-state index in [0.717, 1.165) is 13.1 Å². The Kier molecular flexibility index (Phi) is 5.65. The fraction of sp³-hybridized carbons (Fsp3) is 0.364. The van der Waals surface area contributed by atoms with Crippen LogP contribution in [0.5, 0.6) is 0 Å². The molecule has 1 saturated heterocycles. The van der Waals surface area contributed by atoms with Gasteiger partial charge in [-0.15, -0.1) is 0 Å². The Morgan fingerprint density at radius 3 is 1.87 bits per heavy atom. The minimum absolute atomic E-state index is 0.380. The van der Waals surface area contributed by atoms with E-state index in [-0.39, 0.29) is 0 Å². The van der Waals surface area contributed by atoms with E-state index >= 15 is 0 Å². The van der Waals surface area contributed by atoms with Crippen molar-refractivity contribution in [2.24, 2.45) is 0 Å².